The van der Waals surface area contributed by atoms with Crippen LogP contribution in [0.1, 0.15) is 16.5 Å². The SMILES string of the molecule is NNC(c1ccc(Cl)c(Cl)c1)c1cc(Br)c(Br)s1. The first-order valence-corrected chi connectivity index (χ1v) is 8.04. The first-order chi connectivity index (χ1) is 8.52. The van der Waals surface area contributed by atoms with Crippen molar-refractivity contribution in [2.75, 3.05) is 0 Å². The topological polar surface area (TPSA) is 38.0 Å². The lowest BCUT2D eigenvalue weighted by Crippen LogP contribution is -2.28. The highest BCUT2D eigenvalue weighted by Crippen LogP contribution is 2.38. The quantitative estimate of drug-likeness (QED) is 0.523. The molecule has 1 heterocycles. The lowest BCUT2D eigenvalue weighted by molar-refractivity contribution is 0.646. The van der Waals surface area contributed by atoms with Gasteiger partial charge < -0.3 is 0 Å². The zero-order valence-corrected chi connectivity index (χ0v) is 14.4. The van der Waals surface area contributed by atoms with E-state index in [1.54, 1.807) is 17.4 Å². The first kappa shape index (κ1) is 14.8. The Morgan fingerprint density at radius 1 is 1.17 bits per heavy atom. The van der Waals surface area contributed by atoms with E-state index in [1.165, 1.54) is 0 Å². The van der Waals surface area contributed by atoms with Crippen LogP contribution in [-0.4, -0.2) is 0 Å². The lowest BCUT2D eigenvalue weighted by Gasteiger charge is -2.15. The number of hydrogen-bond acceptors (Lipinski definition) is 3. The van der Waals surface area contributed by atoms with Crippen LogP contribution >= 0.6 is 66.4 Å². The number of hydrogen-bond donors (Lipinski definition) is 2. The molecule has 0 aliphatic rings. The van der Waals surface area contributed by atoms with Crippen molar-refractivity contribution in [2.24, 2.45) is 5.84 Å². The maximum atomic E-state index is 6.02. The van der Waals surface area contributed by atoms with Crippen LogP contribution in [0.3, 0.4) is 0 Å². The molecule has 1 atom stereocenters. The molecule has 2 aromatic rings. The minimum Gasteiger partial charge on any atom is -0.271 e. The van der Waals surface area contributed by atoms with Gasteiger partial charge in [-0.05, 0) is 55.6 Å². The van der Waals surface area contributed by atoms with Crippen molar-refractivity contribution in [1.29, 1.82) is 0 Å². The molecule has 0 radical (unpaired) electrons. The van der Waals surface area contributed by atoms with Crippen LogP contribution in [-0.2, 0) is 0 Å². The summed E-state index contributed by atoms with van der Waals surface area (Å²) in [4.78, 5) is 1.08. The van der Waals surface area contributed by atoms with E-state index < -0.39 is 0 Å². The molecule has 1 unspecified atom stereocenters. The molecule has 0 saturated carbocycles. The van der Waals surface area contributed by atoms with Gasteiger partial charge in [-0.1, -0.05) is 29.3 Å². The molecule has 0 spiro atoms. The molecule has 2 rings (SSSR count). The number of hydrazine groups is 1. The van der Waals surface area contributed by atoms with Crippen LogP contribution in [0.15, 0.2) is 32.5 Å². The highest BCUT2D eigenvalue weighted by Gasteiger charge is 2.17. The number of halogens is 4. The molecule has 3 N–H and O–H groups in total. The number of thiophene rings is 1. The Bertz CT molecular complexity index is 555. The highest BCUT2D eigenvalue weighted by atomic mass is 79.9. The Balaban J connectivity index is 2.41. The Hall–Kier alpha value is 0.380. The third-order valence-corrected chi connectivity index (χ3v) is 6.45. The number of rotatable bonds is 3. The molecule has 0 saturated heterocycles. The molecule has 0 bridgehead atoms. The highest BCUT2D eigenvalue weighted by molar-refractivity contribution is 9.13. The van der Waals surface area contributed by atoms with Gasteiger partial charge in [0.1, 0.15) is 0 Å². The van der Waals surface area contributed by atoms with Crippen molar-refractivity contribution in [2.45, 2.75) is 6.04 Å². The standard InChI is InChI=1S/C11H8Br2Cl2N2S/c12-6-4-9(18-11(6)13)10(17-16)5-1-2-7(14)8(15)3-5/h1-4,10,17H,16H2. The summed E-state index contributed by atoms with van der Waals surface area (Å²) in [5, 5.41) is 1.05. The van der Waals surface area contributed by atoms with Crippen molar-refractivity contribution in [3.05, 3.63) is 53.0 Å². The molecule has 1 aromatic heterocycles. The van der Waals surface area contributed by atoms with Crippen molar-refractivity contribution in [3.8, 4) is 0 Å². The van der Waals surface area contributed by atoms with Crippen LogP contribution in [0.5, 0.6) is 0 Å². The van der Waals surface area contributed by atoms with Crippen molar-refractivity contribution >= 4 is 66.4 Å². The second-order valence-corrected chi connectivity index (χ2v) is 7.61. The van der Waals surface area contributed by atoms with Gasteiger partial charge in [0.05, 0.1) is 19.9 Å². The minimum atomic E-state index is -0.118. The molecular weight excluding hydrogens is 423 g/mol. The summed E-state index contributed by atoms with van der Waals surface area (Å²) in [5.41, 5.74) is 3.75. The molecule has 0 aliphatic carbocycles. The van der Waals surface area contributed by atoms with E-state index in [1.807, 2.05) is 18.2 Å². The number of nitrogens with one attached hydrogen (secondary N) is 1. The van der Waals surface area contributed by atoms with Gasteiger partial charge in [0.2, 0.25) is 0 Å². The van der Waals surface area contributed by atoms with Gasteiger partial charge in [-0.25, -0.2) is 5.43 Å². The van der Waals surface area contributed by atoms with E-state index in [-0.39, 0.29) is 6.04 Å². The lowest BCUT2D eigenvalue weighted by atomic mass is 10.1. The van der Waals surface area contributed by atoms with Gasteiger partial charge in [0.15, 0.2) is 0 Å². The second-order valence-electron chi connectivity index (χ2n) is 3.54. The molecule has 0 aliphatic heterocycles. The van der Waals surface area contributed by atoms with E-state index in [4.69, 9.17) is 29.0 Å². The normalized spacial score (nSPS) is 12.7. The second kappa shape index (κ2) is 6.22. The zero-order valence-electron chi connectivity index (χ0n) is 8.88. The van der Waals surface area contributed by atoms with E-state index >= 15 is 0 Å². The Morgan fingerprint density at radius 3 is 2.39 bits per heavy atom. The van der Waals surface area contributed by atoms with Gasteiger partial charge in [0.25, 0.3) is 0 Å². The molecule has 1 aromatic carbocycles. The van der Waals surface area contributed by atoms with Crippen LogP contribution in [0.2, 0.25) is 10.0 Å². The molecule has 96 valence electrons. The molecule has 0 fully saturated rings. The van der Waals surface area contributed by atoms with E-state index in [0.29, 0.717) is 10.0 Å². The average Bonchev–Trinajstić information content (AvgIpc) is 2.65. The van der Waals surface area contributed by atoms with Gasteiger partial charge >= 0.3 is 0 Å². The summed E-state index contributed by atoms with van der Waals surface area (Å²) in [6.07, 6.45) is 0. The molecule has 0 amide bonds. The zero-order chi connectivity index (χ0) is 13.3. The summed E-state index contributed by atoms with van der Waals surface area (Å²) in [6, 6.07) is 7.38. The van der Waals surface area contributed by atoms with Crippen molar-refractivity contribution < 1.29 is 0 Å². The summed E-state index contributed by atoms with van der Waals surface area (Å²) >= 11 is 20.5. The molecule has 18 heavy (non-hydrogen) atoms. The Kier molecular flexibility index (Phi) is 5.11. The Labute approximate surface area is 136 Å². The summed E-state index contributed by atoms with van der Waals surface area (Å²) in [5.74, 6) is 5.63. The molecule has 7 heteroatoms. The van der Waals surface area contributed by atoms with Crippen LogP contribution in [0.4, 0.5) is 0 Å². The van der Waals surface area contributed by atoms with Gasteiger partial charge in [-0.2, -0.15) is 0 Å². The fourth-order valence-corrected chi connectivity index (χ4v) is 4.02. The largest absolute Gasteiger partial charge is 0.271 e. The fraction of sp³-hybridized carbons (Fsp3) is 0.0909. The van der Waals surface area contributed by atoms with E-state index in [0.717, 1.165) is 18.7 Å². The predicted molar refractivity (Wildman–Crippen MR) is 85.3 cm³/mol. The van der Waals surface area contributed by atoms with Gasteiger partial charge in [-0.15, -0.1) is 11.3 Å². The monoisotopic (exact) mass is 428 g/mol. The number of nitrogens with two attached hydrogens (primary N) is 1. The smallest absolute Gasteiger partial charge is 0.0843 e. The third kappa shape index (κ3) is 3.10. The third-order valence-electron chi connectivity index (χ3n) is 2.39. The average molecular weight is 431 g/mol. The molecule has 2 nitrogen and oxygen atoms in total. The van der Waals surface area contributed by atoms with Crippen LogP contribution in [0.25, 0.3) is 0 Å². The maximum absolute atomic E-state index is 6.02. The van der Waals surface area contributed by atoms with Crippen molar-refractivity contribution in [3.63, 3.8) is 0 Å². The Morgan fingerprint density at radius 2 is 1.89 bits per heavy atom. The predicted octanol–water partition coefficient (Wildman–Crippen LogP) is 5.13. The van der Waals surface area contributed by atoms with Crippen LogP contribution < -0.4 is 11.3 Å². The summed E-state index contributed by atoms with van der Waals surface area (Å²) < 4.78 is 2.03. The van der Waals surface area contributed by atoms with E-state index in [2.05, 4.69) is 37.3 Å². The summed E-state index contributed by atoms with van der Waals surface area (Å²) in [6.45, 7) is 0. The van der Waals surface area contributed by atoms with Gasteiger partial charge in [0, 0.05) is 9.35 Å². The molecular formula is C11H8Br2Cl2N2S. The minimum absolute atomic E-state index is 0.118. The van der Waals surface area contributed by atoms with Crippen molar-refractivity contribution in [1.82, 2.24) is 5.43 Å². The van der Waals surface area contributed by atoms with Gasteiger partial charge in [-0.3, -0.25) is 5.84 Å². The van der Waals surface area contributed by atoms with E-state index in [9.17, 15) is 0 Å². The van der Waals surface area contributed by atoms with Crippen LogP contribution in [0, 0.1) is 0 Å². The first-order valence-electron chi connectivity index (χ1n) is 4.88. The maximum Gasteiger partial charge on any atom is 0.0843 e. The number of benzene rings is 1. The summed E-state index contributed by atoms with van der Waals surface area (Å²) in [7, 11) is 0. The fourth-order valence-electron chi connectivity index (χ4n) is 1.54.